The molecule has 120 valence electrons. The summed E-state index contributed by atoms with van der Waals surface area (Å²) in [6, 6.07) is 5.09. The van der Waals surface area contributed by atoms with Crippen molar-refractivity contribution < 1.29 is 21.6 Å². The standard InChI is InChI=1S/C13H13F3N2O2S2/c1-9-17-7-10(21-9)8-18(2)11-5-3-4-6-12(11)22(19,20)13(14,15)16/h3-7H,8H2,1-2H3. The molecular weight excluding hydrogens is 337 g/mol. The van der Waals surface area contributed by atoms with E-state index in [1.807, 2.05) is 6.92 Å². The van der Waals surface area contributed by atoms with Crippen molar-refractivity contribution in [2.45, 2.75) is 23.9 Å². The minimum absolute atomic E-state index is 0.00544. The van der Waals surface area contributed by atoms with E-state index in [2.05, 4.69) is 4.98 Å². The molecule has 22 heavy (non-hydrogen) atoms. The molecule has 0 fully saturated rings. The van der Waals surface area contributed by atoms with Crippen LogP contribution in [0, 0.1) is 6.92 Å². The van der Waals surface area contributed by atoms with Gasteiger partial charge in [0.05, 0.1) is 22.1 Å². The number of nitrogens with zero attached hydrogens (tertiary/aromatic N) is 2. The van der Waals surface area contributed by atoms with Gasteiger partial charge < -0.3 is 4.90 Å². The Kier molecular flexibility index (Phi) is 4.48. The van der Waals surface area contributed by atoms with E-state index in [-0.39, 0.29) is 12.2 Å². The minimum atomic E-state index is -5.39. The predicted octanol–water partition coefficient (Wildman–Crippen LogP) is 3.38. The van der Waals surface area contributed by atoms with Gasteiger partial charge in [0, 0.05) is 18.1 Å². The number of alkyl halides is 3. The molecule has 4 nitrogen and oxygen atoms in total. The summed E-state index contributed by atoms with van der Waals surface area (Å²) in [7, 11) is -3.85. The zero-order valence-electron chi connectivity index (χ0n) is 11.8. The number of thiazole rings is 1. The van der Waals surface area contributed by atoms with Crippen LogP contribution in [0.2, 0.25) is 0 Å². The van der Waals surface area contributed by atoms with Gasteiger partial charge in [0.2, 0.25) is 0 Å². The maximum atomic E-state index is 12.8. The predicted molar refractivity (Wildman–Crippen MR) is 78.6 cm³/mol. The number of halogens is 3. The fraction of sp³-hybridized carbons (Fsp3) is 0.308. The third-order valence-corrected chi connectivity index (χ3v) is 5.36. The lowest BCUT2D eigenvalue weighted by Crippen LogP contribution is -2.26. The Morgan fingerprint density at radius 1 is 1.27 bits per heavy atom. The van der Waals surface area contributed by atoms with Gasteiger partial charge in [0.15, 0.2) is 0 Å². The largest absolute Gasteiger partial charge is 0.501 e. The lowest BCUT2D eigenvalue weighted by atomic mass is 10.3. The van der Waals surface area contributed by atoms with E-state index >= 15 is 0 Å². The van der Waals surface area contributed by atoms with Crippen LogP contribution in [0.5, 0.6) is 0 Å². The first-order valence-electron chi connectivity index (χ1n) is 6.16. The van der Waals surface area contributed by atoms with E-state index in [0.29, 0.717) is 0 Å². The molecule has 0 saturated heterocycles. The van der Waals surface area contributed by atoms with Gasteiger partial charge in [-0.1, -0.05) is 12.1 Å². The van der Waals surface area contributed by atoms with Crippen LogP contribution in [0.3, 0.4) is 0 Å². The van der Waals surface area contributed by atoms with Crippen molar-refractivity contribution in [3.63, 3.8) is 0 Å². The molecule has 0 amide bonds. The molecule has 0 aliphatic rings. The Labute approximate surface area is 130 Å². The number of rotatable bonds is 4. The first-order chi connectivity index (χ1) is 10.1. The van der Waals surface area contributed by atoms with Crippen LogP contribution in [0.25, 0.3) is 0 Å². The number of hydrogen-bond acceptors (Lipinski definition) is 5. The van der Waals surface area contributed by atoms with Crippen LogP contribution in [-0.4, -0.2) is 26.0 Å². The highest BCUT2D eigenvalue weighted by Crippen LogP contribution is 2.35. The van der Waals surface area contributed by atoms with E-state index in [0.717, 1.165) is 16.0 Å². The minimum Gasteiger partial charge on any atom is -0.368 e. The van der Waals surface area contributed by atoms with E-state index in [9.17, 15) is 21.6 Å². The van der Waals surface area contributed by atoms with Gasteiger partial charge in [-0.15, -0.1) is 11.3 Å². The number of benzene rings is 1. The summed E-state index contributed by atoms with van der Waals surface area (Å²) < 4.78 is 61.7. The van der Waals surface area contributed by atoms with Crippen LogP contribution in [0.1, 0.15) is 9.88 Å². The molecule has 0 radical (unpaired) electrons. The lowest BCUT2D eigenvalue weighted by molar-refractivity contribution is -0.0435. The summed E-state index contributed by atoms with van der Waals surface area (Å²) in [4.78, 5) is 5.62. The molecule has 9 heteroatoms. The summed E-state index contributed by atoms with van der Waals surface area (Å²) in [5.41, 5.74) is -5.32. The van der Waals surface area contributed by atoms with Gasteiger partial charge in [0.25, 0.3) is 9.84 Å². The number of aryl methyl sites for hydroxylation is 1. The number of hydrogen-bond donors (Lipinski definition) is 0. The number of para-hydroxylation sites is 1. The summed E-state index contributed by atoms with van der Waals surface area (Å²) in [6.07, 6.45) is 1.62. The molecule has 1 heterocycles. The van der Waals surface area contributed by atoms with Gasteiger partial charge in [-0.05, 0) is 19.1 Å². The second-order valence-corrected chi connectivity index (χ2v) is 7.85. The second kappa shape index (κ2) is 5.88. The quantitative estimate of drug-likeness (QED) is 0.848. The summed E-state index contributed by atoms with van der Waals surface area (Å²) in [6.45, 7) is 2.09. The zero-order valence-corrected chi connectivity index (χ0v) is 13.4. The molecule has 0 unspecified atom stereocenters. The van der Waals surface area contributed by atoms with Crippen LogP contribution in [-0.2, 0) is 16.4 Å². The van der Waals surface area contributed by atoms with Gasteiger partial charge in [-0.25, -0.2) is 13.4 Å². The average Bonchev–Trinajstić information content (AvgIpc) is 2.82. The third kappa shape index (κ3) is 3.25. The molecule has 1 aromatic carbocycles. The molecule has 2 aromatic rings. The summed E-state index contributed by atoms with van der Waals surface area (Å²) >= 11 is 1.41. The second-order valence-electron chi connectivity index (χ2n) is 4.62. The molecule has 0 spiro atoms. The van der Waals surface area contributed by atoms with Crippen molar-refractivity contribution in [2.75, 3.05) is 11.9 Å². The fourth-order valence-electron chi connectivity index (χ4n) is 1.92. The fourth-order valence-corrected chi connectivity index (χ4v) is 3.78. The van der Waals surface area contributed by atoms with E-state index in [1.54, 1.807) is 13.2 Å². The Bertz CT molecular complexity index is 770. The normalized spacial score (nSPS) is 12.4. The monoisotopic (exact) mass is 350 g/mol. The van der Waals surface area contributed by atoms with Gasteiger partial charge in [-0.2, -0.15) is 13.2 Å². The average molecular weight is 350 g/mol. The number of anilines is 1. The Hall–Kier alpha value is -1.61. The SMILES string of the molecule is Cc1ncc(CN(C)c2ccccc2S(=O)(=O)C(F)(F)F)s1. The van der Waals surface area contributed by atoms with Crippen LogP contribution < -0.4 is 4.90 Å². The molecule has 0 aliphatic heterocycles. The first-order valence-corrected chi connectivity index (χ1v) is 8.45. The number of aromatic nitrogens is 1. The molecule has 0 atom stereocenters. The van der Waals surface area contributed by atoms with Crippen LogP contribution in [0.4, 0.5) is 18.9 Å². The maximum Gasteiger partial charge on any atom is 0.501 e. The molecule has 0 saturated carbocycles. The molecule has 2 rings (SSSR count). The van der Waals surface area contributed by atoms with E-state index in [4.69, 9.17) is 0 Å². The summed E-state index contributed by atoms with van der Waals surface area (Å²) in [5.74, 6) is 0. The number of sulfone groups is 1. The van der Waals surface area contributed by atoms with Gasteiger partial charge >= 0.3 is 5.51 Å². The zero-order chi connectivity index (χ0) is 16.5. The van der Waals surface area contributed by atoms with Crippen molar-refractivity contribution in [3.05, 3.63) is 40.3 Å². The highest BCUT2D eigenvalue weighted by atomic mass is 32.2. The maximum absolute atomic E-state index is 12.8. The van der Waals surface area contributed by atoms with Crippen molar-refractivity contribution >= 4 is 26.9 Å². The van der Waals surface area contributed by atoms with Crippen LogP contribution in [0.15, 0.2) is 35.4 Å². The molecule has 0 bridgehead atoms. The third-order valence-electron chi connectivity index (χ3n) is 2.93. The summed E-state index contributed by atoms with van der Waals surface area (Å²) in [5, 5.41) is 0.833. The lowest BCUT2D eigenvalue weighted by Gasteiger charge is -2.22. The molecular formula is C13H13F3N2O2S2. The van der Waals surface area contributed by atoms with Crippen LogP contribution >= 0.6 is 11.3 Å². The first kappa shape index (κ1) is 16.8. The van der Waals surface area contributed by atoms with E-state index in [1.165, 1.54) is 34.4 Å². The topological polar surface area (TPSA) is 50.3 Å². The highest BCUT2D eigenvalue weighted by molar-refractivity contribution is 7.92. The smallest absolute Gasteiger partial charge is 0.368 e. The van der Waals surface area contributed by atoms with Gasteiger partial charge in [0.1, 0.15) is 0 Å². The Balaban J connectivity index is 2.40. The van der Waals surface area contributed by atoms with Crippen molar-refractivity contribution in [1.29, 1.82) is 0 Å². The molecule has 0 N–H and O–H groups in total. The van der Waals surface area contributed by atoms with Gasteiger partial charge in [-0.3, -0.25) is 0 Å². The van der Waals surface area contributed by atoms with Crippen molar-refractivity contribution in [1.82, 2.24) is 4.98 Å². The Morgan fingerprint density at radius 3 is 2.45 bits per heavy atom. The highest BCUT2D eigenvalue weighted by Gasteiger charge is 2.48. The van der Waals surface area contributed by atoms with E-state index < -0.39 is 20.2 Å². The Morgan fingerprint density at radius 2 is 1.91 bits per heavy atom. The van der Waals surface area contributed by atoms with Crippen molar-refractivity contribution in [3.8, 4) is 0 Å². The van der Waals surface area contributed by atoms with Crippen molar-refractivity contribution in [2.24, 2.45) is 0 Å². The molecule has 0 aliphatic carbocycles. The molecule has 1 aromatic heterocycles.